The lowest BCUT2D eigenvalue weighted by atomic mass is 10.6. The number of thiazole rings is 1. The third-order valence-electron chi connectivity index (χ3n) is 0.759. The third-order valence-corrected chi connectivity index (χ3v) is 2.25. The number of hydrogen-bond donors (Lipinski definition) is 3. The van der Waals surface area contributed by atoms with Crippen LogP contribution in [-0.2, 0) is 0 Å². The van der Waals surface area contributed by atoms with Crippen molar-refractivity contribution in [3.8, 4) is 0 Å². The normalized spacial score (nSPS) is 8.92. The Morgan fingerprint density at radius 1 is 1.46 bits per heavy atom. The van der Waals surface area contributed by atoms with E-state index in [0.717, 1.165) is 11.3 Å². The van der Waals surface area contributed by atoms with Crippen LogP contribution in [0.5, 0.6) is 0 Å². The summed E-state index contributed by atoms with van der Waals surface area (Å²) in [7, 11) is 0. The van der Waals surface area contributed by atoms with Gasteiger partial charge in [-0.25, -0.2) is 10.9 Å². The molecule has 0 bridgehead atoms. The Kier molecular flexibility index (Phi) is 10.0. The minimum atomic E-state index is 0. The first-order chi connectivity index (χ1) is 5.74. The number of aromatic nitrogens is 1. The van der Waals surface area contributed by atoms with Crippen LogP contribution in [0.2, 0.25) is 9.62 Å². The summed E-state index contributed by atoms with van der Waals surface area (Å²) < 4.78 is 0.333. The molecule has 1 heterocycles. The summed E-state index contributed by atoms with van der Waals surface area (Å²) >= 11 is 12.2. The highest BCUT2D eigenvalue weighted by molar-refractivity contribution is 7.17. The highest BCUT2D eigenvalue weighted by Crippen LogP contribution is 2.24. The van der Waals surface area contributed by atoms with Gasteiger partial charge in [0.2, 0.25) is 0 Å². The molecule has 1 aromatic heterocycles. The maximum atomic E-state index is 8.10. The molecular formula is C4H6Cl3N3O2S. The van der Waals surface area contributed by atoms with Gasteiger partial charge in [0.15, 0.2) is 9.62 Å². The largest absolute Gasteiger partial charge is 0.411 e. The van der Waals surface area contributed by atoms with Crippen LogP contribution in [0.3, 0.4) is 0 Å². The molecule has 0 aliphatic carbocycles. The molecule has 0 spiro atoms. The Bertz CT molecular complexity index is 267. The summed E-state index contributed by atoms with van der Waals surface area (Å²) in [5, 5.41) is 17.6. The van der Waals surface area contributed by atoms with Gasteiger partial charge < -0.3 is 10.4 Å². The molecular weight excluding hydrogens is 260 g/mol. The molecule has 0 aliphatic heterocycles. The van der Waals surface area contributed by atoms with Crippen LogP contribution >= 0.6 is 46.9 Å². The molecule has 0 aromatic carbocycles. The van der Waals surface area contributed by atoms with Gasteiger partial charge in [-0.1, -0.05) is 39.7 Å². The van der Waals surface area contributed by atoms with Crippen LogP contribution in [0, 0.1) is 0 Å². The Balaban J connectivity index is 0. The molecule has 0 amide bonds. The minimum absolute atomic E-state index is 0. The zero-order chi connectivity index (χ0) is 9.56. The maximum absolute atomic E-state index is 8.10. The zero-order valence-electron chi connectivity index (χ0n) is 6.02. The SMILES string of the molecule is Cl.NO.ON=Cc1sc(Cl)nc1Cl. The molecule has 1 aromatic rings. The summed E-state index contributed by atoms with van der Waals surface area (Å²) in [6.07, 6.45) is 1.19. The van der Waals surface area contributed by atoms with Gasteiger partial charge >= 0.3 is 0 Å². The predicted molar refractivity (Wildman–Crippen MR) is 54.7 cm³/mol. The molecule has 0 aliphatic rings. The quantitative estimate of drug-likeness (QED) is 0.412. The van der Waals surface area contributed by atoms with Crippen LogP contribution in [-0.4, -0.2) is 21.6 Å². The first-order valence-electron chi connectivity index (χ1n) is 2.49. The minimum Gasteiger partial charge on any atom is -0.411 e. The molecule has 4 N–H and O–H groups in total. The average molecular weight is 267 g/mol. The predicted octanol–water partition coefficient (Wildman–Crippen LogP) is 2.01. The van der Waals surface area contributed by atoms with E-state index in [1.54, 1.807) is 0 Å². The first kappa shape index (κ1) is 15.4. The molecule has 0 radical (unpaired) electrons. The molecule has 0 fully saturated rings. The fourth-order valence-corrected chi connectivity index (χ4v) is 1.64. The van der Waals surface area contributed by atoms with E-state index in [2.05, 4.69) is 16.0 Å². The maximum Gasteiger partial charge on any atom is 0.185 e. The highest BCUT2D eigenvalue weighted by Gasteiger charge is 2.04. The van der Waals surface area contributed by atoms with Gasteiger partial charge in [-0.05, 0) is 0 Å². The van der Waals surface area contributed by atoms with Crippen molar-refractivity contribution in [2.24, 2.45) is 11.1 Å². The van der Waals surface area contributed by atoms with E-state index in [0.29, 0.717) is 9.34 Å². The number of halogens is 3. The highest BCUT2D eigenvalue weighted by atomic mass is 35.5. The zero-order valence-corrected chi connectivity index (χ0v) is 9.16. The smallest absolute Gasteiger partial charge is 0.185 e. The van der Waals surface area contributed by atoms with Gasteiger partial charge in [-0.15, -0.1) is 12.4 Å². The number of hydrogen-bond acceptors (Lipinski definition) is 6. The summed E-state index contributed by atoms with van der Waals surface area (Å²) in [5.41, 5.74) is 0. The van der Waals surface area contributed by atoms with Crippen molar-refractivity contribution in [1.29, 1.82) is 0 Å². The number of nitrogens with zero attached hydrogens (tertiary/aromatic N) is 2. The molecule has 76 valence electrons. The van der Waals surface area contributed by atoms with Crippen LogP contribution in [0.1, 0.15) is 4.88 Å². The molecule has 0 saturated heterocycles. The van der Waals surface area contributed by atoms with E-state index in [9.17, 15) is 0 Å². The van der Waals surface area contributed by atoms with E-state index in [1.807, 2.05) is 0 Å². The molecule has 0 unspecified atom stereocenters. The average Bonchev–Trinajstić information content (AvgIpc) is 2.35. The van der Waals surface area contributed by atoms with Crippen molar-refractivity contribution in [1.82, 2.24) is 4.98 Å². The molecule has 9 heteroatoms. The Labute approximate surface area is 94.2 Å². The lowest BCUT2D eigenvalue weighted by Crippen LogP contribution is -1.73. The van der Waals surface area contributed by atoms with Crippen molar-refractivity contribution >= 4 is 53.2 Å². The Morgan fingerprint density at radius 3 is 2.31 bits per heavy atom. The third kappa shape index (κ3) is 5.25. The van der Waals surface area contributed by atoms with E-state index < -0.39 is 0 Å². The lowest BCUT2D eigenvalue weighted by Gasteiger charge is -1.78. The van der Waals surface area contributed by atoms with E-state index in [-0.39, 0.29) is 17.6 Å². The molecule has 0 atom stereocenters. The molecule has 5 nitrogen and oxygen atoms in total. The second-order valence-corrected chi connectivity index (χ2v) is 3.34. The standard InChI is InChI=1S/C4H2Cl2N2OS.ClH.H3NO/c5-3-2(1-7-9)10-4(6)8-3;;1-2/h1,9H;1H;2H,1H2. The van der Waals surface area contributed by atoms with Gasteiger partial charge in [-0.2, -0.15) is 0 Å². The van der Waals surface area contributed by atoms with E-state index >= 15 is 0 Å². The first-order valence-corrected chi connectivity index (χ1v) is 4.06. The fraction of sp³-hybridized carbons (Fsp3) is 0. The van der Waals surface area contributed by atoms with Crippen molar-refractivity contribution in [3.05, 3.63) is 14.5 Å². The summed E-state index contributed by atoms with van der Waals surface area (Å²) in [5.74, 6) is 3.50. The monoisotopic (exact) mass is 265 g/mol. The van der Waals surface area contributed by atoms with Gasteiger partial charge in [-0.3, -0.25) is 0 Å². The van der Waals surface area contributed by atoms with Gasteiger partial charge in [0.1, 0.15) is 0 Å². The summed E-state index contributed by atoms with van der Waals surface area (Å²) in [6, 6.07) is 0. The van der Waals surface area contributed by atoms with Crippen LogP contribution in [0.25, 0.3) is 0 Å². The Morgan fingerprint density at radius 2 is 2.00 bits per heavy atom. The number of rotatable bonds is 1. The van der Waals surface area contributed by atoms with Crippen LogP contribution < -0.4 is 5.90 Å². The van der Waals surface area contributed by atoms with E-state index in [4.69, 9.17) is 33.6 Å². The van der Waals surface area contributed by atoms with Crippen LogP contribution in [0.15, 0.2) is 5.16 Å². The van der Waals surface area contributed by atoms with Crippen molar-refractivity contribution in [2.75, 3.05) is 0 Å². The topological polar surface area (TPSA) is 91.7 Å². The van der Waals surface area contributed by atoms with Gasteiger partial charge in [0.05, 0.1) is 11.1 Å². The Hall–Kier alpha value is -0.110. The van der Waals surface area contributed by atoms with Crippen molar-refractivity contribution in [3.63, 3.8) is 0 Å². The second-order valence-electron chi connectivity index (χ2n) is 1.37. The molecule has 0 saturated carbocycles. The number of nitrogens with two attached hydrogens (primary N) is 1. The van der Waals surface area contributed by atoms with E-state index in [1.165, 1.54) is 6.21 Å². The fourth-order valence-electron chi connectivity index (χ4n) is 0.420. The van der Waals surface area contributed by atoms with Crippen LogP contribution in [0.4, 0.5) is 0 Å². The van der Waals surface area contributed by atoms with Crippen molar-refractivity contribution < 1.29 is 10.4 Å². The lowest BCUT2D eigenvalue weighted by molar-refractivity contribution is 0.311. The summed E-state index contributed by atoms with van der Waals surface area (Å²) in [6.45, 7) is 0. The summed E-state index contributed by atoms with van der Waals surface area (Å²) in [4.78, 5) is 4.23. The van der Waals surface area contributed by atoms with Gasteiger partial charge in [0.25, 0.3) is 0 Å². The molecule has 1 rings (SSSR count). The van der Waals surface area contributed by atoms with Crippen molar-refractivity contribution in [2.45, 2.75) is 0 Å². The number of oxime groups is 1. The second kappa shape index (κ2) is 8.49. The van der Waals surface area contributed by atoms with Gasteiger partial charge in [0, 0.05) is 0 Å². The molecule has 13 heavy (non-hydrogen) atoms.